The summed E-state index contributed by atoms with van der Waals surface area (Å²) < 4.78 is 28.8. The Hall–Kier alpha value is -5.75. The first-order valence-corrected chi connectivity index (χ1v) is 21.7. The second kappa shape index (κ2) is 16.0. The summed E-state index contributed by atoms with van der Waals surface area (Å²) in [6.07, 6.45) is 8.41. The van der Waals surface area contributed by atoms with Crippen molar-refractivity contribution in [2.75, 3.05) is 93.5 Å². The summed E-state index contributed by atoms with van der Waals surface area (Å²) in [7, 11) is 0. The summed E-state index contributed by atoms with van der Waals surface area (Å²) in [4.78, 5) is 30.0. The number of aryl methyl sites for hydroxylation is 3. The van der Waals surface area contributed by atoms with Crippen molar-refractivity contribution < 1.29 is 38.7 Å². The van der Waals surface area contributed by atoms with E-state index >= 15 is 0 Å². The van der Waals surface area contributed by atoms with Gasteiger partial charge in [0.05, 0.1) is 55.2 Å². The molecule has 12 heteroatoms. The number of fused-ring (bicyclic) bond motifs is 6. The molecule has 0 N–H and O–H groups in total. The lowest BCUT2D eigenvalue weighted by Crippen LogP contribution is -2.45. The van der Waals surface area contributed by atoms with Gasteiger partial charge in [-0.3, -0.25) is 0 Å². The first-order chi connectivity index (χ1) is 29.3. The van der Waals surface area contributed by atoms with Gasteiger partial charge in [-0.25, -0.2) is 4.58 Å². The van der Waals surface area contributed by atoms with Crippen LogP contribution < -0.4 is 54.3 Å². The zero-order valence-corrected chi connectivity index (χ0v) is 34.3. The number of carbonyl (C=O) groups is 2. The number of aliphatic carboxylic acids is 2. The van der Waals surface area contributed by atoms with E-state index in [2.05, 4.69) is 33.7 Å². The van der Waals surface area contributed by atoms with Crippen LogP contribution in [0.5, 0.6) is 23.0 Å². The maximum absolute atomic E-state index is 12.2. The summed E-state index contributed by atoms with van der Waals surface area (Å²) in [5.74, 6) is 0.548. The number of carboxylic acids is 2. The number of carboxylic acid groups (broad SMARTS) is 2. The second-order valence-electron chi connectivity index (χ2n) is 16.9. The lowest BCUT2D eigenvalue weighted by Gasteiger charge is -2.39. The highest BCUT2D eigenvalue weighted by Gasteiger charge is 2.36. The highest BCUT2D eigenvalue weighted by Crippen LogP contribution is 2.49. The van der Waals surface area contributed by atoms with Gasteiger partial charge < -0.3 is 53.4 Å². The Bertz CT molecular complexity index is 2530. The Balaban J connectivity index is 1.12. The van der Waals surface area contributed by atoms with Gasteiger partial charge in [0.2, 0.25) is 5.36 Å². The fourth-order valence-electron chi connectivity index (χ4n) is 10.5. The Morgan fingerprint density at radius 2 is 1.33 bits per heavy atom. The molecule has 60 heavy (non-hydrogen) atoms. The summed E-state index contributed by atoms with van der Waals surface area (Å²) in [6.45, 7) is 6.73. The lowest BCUT2D eigenvalue weighted by molar-refractivity contribution is -0.304. The van der Waals surface area contributed by atoms with E-state index in [4.69, 9.17) is 18.9 Å². The average molecular weight is 812 g/mol. The molecule has 0 spiro atoms. The van der Waals surface area contributed by atoms with E-state index < -0.39 is 11.9 Å². The molecule has 0 amide bonds. The minimum absolute atomic E-state index is 0.145. The van der Waals surface area contributed by atoms with Gasteiger partial charge >= 0.3 is 0 Å². The van der Waals surface area contributed by atoms with Crippen LogP contribution >= 0.6 is 0 Å². The van der Waals surface area contributed by atoms with E-state index in [1.54, 1.807) is 9.80 Å². The molecule has 0 saturated carbocycles. The average Bonchev–Trinajstić information content (AvgIpc) is 3.24. The largest absolute Gasteiger partial charge is 0.548 e. The van der Waals surface area contributed by atoms with E-state index in [1.807, 2.05) is 31.2 Å². The number of nitrogens with zero attached hydrogens (tertiary/aromatic N) is 4. The fourth-order valence-corrected chi connectivity index (χ4v) is 10.5. The van der Waals surface area contributed by atoms with E-state index in [1.165, 1.54) is 33.3 Å². The van der Waals surface area contributed by atoms with Gasteiger partial charge in [0.25, 0.3) is 0 Å². The van der Waals surface area contributed by atoms with Crippen LogP contribution in [0.15, 0.2) is 48.5 Å². The first-order valence-electron chi connectivity index (χ1n) is 21.7. The third-order valence-electron chi connectivity index (χ3n) is 13.0. The summed E-state index contributed by atoms with van der Waals surface area (Å²) >= 11 is 0. The Morgan fingerprint density at radius 1 is 0.683 bits per heavy atom. The van der Waals surface area contributed by atoms with E-state index in [9.17, 15) is 19.8 Å². The molecule has 0 unspecified atom stereocenters. The molecular formula is C48H51N4O8-. The monoisotopic (exact) mass is 811 g/mol. The van der Waals surface area contributed by atoms with E-state index in [0.717, 1.165) is 117 Å². The van der Waals surface area contributed by atoms with Crippen molar-refractivity contribution in [2.24, 2.45) is 0 Å². The van der Waals surface area contributed by atoms with Crippen molar-refractivity contribution in [3.05, 3.63) is 98.1 Å². The molecule has 0 fully saturated rings. The van der Waals surface area contributed by atoms with Crippen LogP contribution in [0.1, 0.15) is 64.6 Å². The van der Waals surface area contributed by atoms with Gasteiger partial charge in [0.15, 0.2) is 0 Å². The zero-order chi connectivity index (χ0) is 40.9. The molecule has 0 radical (unpaired) electrons. The molecular weight excluding hydrogens is 761 g/mol. The van der Waals surface area contributed by atoms with Gasteiger partial charge in [0.1, 0.15) is 49.3 Å². The van der Waals surface area contributed by atoms with Gasteiger partial charge in [-0.2, -0.15) is 0 Å². The van der Waals surface area contributed by atoms with Crippen LogP contribution in [0.4, 0.5) is 17.1 Å². The van der Waals surface area contributed by atoms with Gasteiger partial charge in [-0.15, -0.1) is 0 Å². The van der Waals surface area contributed by atoms with E-state index in [-0.39, 0.29) is 52.6 Å². The summed E-state index contributed by atoms with van der Waals surface area (Å²) in [5.41, 5.74) is 12.1. The van der Waals surface area contributed by atoms with Crippen LogP contribution in [-0.2, 0) is 40.0 Å². The molecule has 4 aromatic rings. The second-order valence-corrected chi connectivity index (χ2v) is 16.9. The van der Waals surface area contributed by atoms with Crippen molar-refractivity contribution in [3.8, 4) is 23.0 Å². The van der Waals surface area contributed by atoms with Crippen LogP contribution in [0.2, 0.25) is 0 Å². The van der Waals surface area contributed by atoms with Crippen molar-refractivity contribution >= 4 is 34.6 Å². The molecule has 312 valence electrons. The molecule has 6 aliphatic heterocycles. The SMILES string of the molecule is Cc1ccc2c(c1)OCCOc1cc(C3=c4cc5c6c(c4Oc4c3cc3c7c4CCCN7CCC3)CCC[N+]=6CCC5)ccc1N(CC(=O)[O-])CCOCCN2CC(=O)[O-]. The van der Waals surface area contributed by atoms with Gasteiger partial charge in [-0.05, 0) is 98.5 Å². The maximum atomic E-state index is 12.2. The molecule has 12 nitrogen and oxygen atoms in total. The molecule has 4 aromatic carbocycles. The summed E-state index contributed by atoms with van der Waals surface area (Å²) in [6, 6.07) is 16.5. The number of benzene rings is 4. The predicted octanol–water partition coefficient (Wildman–Crippen LogP) is 2.03. The molecule has 0 atom stereocenters. The molecule has 6 aliphatic rings. The Morgan fingerprint density at radius 3 is 2.07 bits per heavy atom. The molecule has 0 bridgehead atoms. The lowest BCUT2D eigenvalue weighted by atomic mass is 9.82. The topological polar surface area (TPSA) is 130 Å². The van der Waals surface area contributed by atoms with Crippen LogP contribution in [0.25, 0.3) is 5.57 Å². The number of anilines is 3. The first kappa shape index (κ1) is 38.5. The quantitative estimate of drug-likeness (QED) is 0.242. The van der Waals surface area contributed by atoms with Crippen molar-refractivity contribution in [1.29, 1.82) is 0 Å². The standard InChI is InChI=1S/C48H52N4O8/c1-30-10-12-38-40(24-30)58-22-23-59-41-27-31(11-13-39(41)52(29-43(55)56)19-21-57-20-18-51(38)28-42(53)54)44-36-25-32-6-2-14-49-16-4-8-34(45(32)49)47(36)60-48-35-9-5-17-50-15-3-7-33(46(35)50)26-37(44)48/h10-13,24-27H,2-9,14-23,28-29H2,1H3,(H-,53,54,55,56)/p-1. The van der Waals surface area contributed by atoms with E-state index in [0.29, 0.717) is 22.9 Å². The fraction of sp³-hybridized carbons (Fsp3) is 0.438. The third-order valence-corrected chi connectivity index (χ3v) is 13.0. The highest BCUT2D eigenvalue weighted by atomic mass is 16.5. The van der Waals surface area contributed by atoms with Crippen LogP contribution in [0.3, 0.4) is 0 Å². The molecule has 6 heterocycles. The Kier molecular flexibility index (Phi) is 10.3. The smallest absolute Gasteiger partial charge is 0.210 e. The Labute approximate surface area is 349 Å². The number of carbonyl (C=O) groups excluding carboxylic acids is 2. The van der Waals surface area contributed by atoms with Crippen molar-refractivity contribution in [2.45, 2.75) is 58.3 Å². The van der Waals surface area contributed by atoms with Gasteiger partial charge in [-0.1, -0.05) is 12.1 Å². The highest BCUT2D eigenvalue weighted by molar-refractivity contribution is 5.90. The van der Waals surface area contributed by atoms with Crippen LogP contribution in [0, 0.1) is 6.92 Å². The summed E-state index contributed by atoms with van der Waals surface area (Å²) in [5, 5.41) is 26.5. The molecule has 0 saturated heterocycles. The zero-order valence-electron chi connectivity index (χ0n) is 34.3. The number of hydrogen-bond donors (Lipinski definition) is 0. The minimum Gasteiger partial charge on any atom is -0.548 e. The molecule has 0 aromatic heterocycles. The number of hydrogen-bond acceptors (Lipinski definition) is 11. The van der Waals surface area contributed by atoms with Crippen molar-refractivity contribution in [1.82, 2.24) is 4.58 Å². The molecule has 10 rings (SSSR count). The van der Waals surface area contributed by atoms with Crippen LogP contribution in [-0.4, -0.2) is 90.7 Å². The minimum atomic E-state index is -1.22. The third kappa shape index (κ3) is 7.08. The normalized spacial score (nSPS) is 18.4. The number of rotatable bonds is 5. The predicted molar refractivity (Wildman–Crippen MR) is 224 cm³/mol. The maximum Gasteiger partial charge on any atom is 0.210 e. The van der Waals surface area contributed by atoms with Gasteiger partial charge in [0, 0.05) is 72.2 Å². The van der Waals surface area contributed by atoms with Crippen molar-refractivity contribution in [3.63, 3.8) is 0 Å². The molecule has 0 aliphatic carbocycles. The number of ether oxygens (including phenoxy) is 4.